The Morgan fingerprint density at radius 1 is 1.10 bits per heavy atom. The molecule has 1 N–H and O–H groups in total. The first-order valence-corrected chi connectivity index (χ1v) is 11.2. The number of carbonyl (C=O) groups excluding carboxylic acids is 1. The predicted octanol–water partition coefficient (Wildman–Crippen LogP) is 4.16. The number of piperidine rings is 1. The van der Waals surface area contributed by atoms with Crippen molar-refractivity contribution in [1.82, 2.24) is 14.8 Å². The summed E-state index contributed by atoms with van der Waals surface area (Å²) in [6, 6.07) is 12.5. The van der Waals surface area contributed by atoms with Crippen LogP contribution in [0, 0.1) is 5.92 Å². The number of alkyl halides is 3. The third kappa shape index (κ3) is 4.37. The number of likely N-dealkylation sites (tertiary alicyclic amines) is 1. The van der Waals surface area contributed by atoms with Gasteiger partial charge in [-0.1, -0.05) is 53.0 Å². The van der Waals surface area contributed by atoms with Crippen LogP contribution in [0.15, 0.2) is 51.7 Å². The number of fused-ring (bicyclic) bond motifs is 4. The van der Waals surface area contributed by atoms with Crippen molar-refractivity contribution in [1.29, 1.82) is 0 Å². The van der Waals surface area contributed by atoms with E-state index in [1.807, 2.05) is 21.6 Å². The molecule has 1 aromatic carbocycles. The summed E-state index contributed by atoms with van der Waals surface area (Å²) in [5, 5.41) is 2.90. The van der Waals surface area contributed by atoms with E-state index in [2.05, 4.69) is 21.2 Å². The predicted molar refractivity (Wildman–Crippen MR) is 119 cm³/mol. The molecule has 154 valence electrons. The molecule has 1 amide bonds. The summed E-state index contributed by atoms with van der Waals surface area (Å²) >= 11 is 22.3. The Balaban J connectivity index is 1.60. The van der Waals surface area contributed by atoms with Gasteiger partial charge in [-0.3, -0.25) is 14.5 Å². The molecule has 9 heteroatoms. The Bertz CT molecular complexity index is 991. The largest absolute Gasteiger partial charge is 0.332 e. The summed E-state index contributed by atoms with van der Waals surface area (Å²) in [7, 11) is 0. The number of carbonyl (C=O) groups is 1. The van der Waals surface area contributed by atoms with Gasteiger partial charge in [-0.05, 0) is 46.5 Å². The van der Waals surface area contributed by atoms with Gasteiger partial charge in [0.25, 0.3) is 11.5 Å². The summed E-state index contributed by atoms with van der Waals surface area (Å²) in [6.07, 6.45) is 0.185. The fourth-order valence-electron chi connectivity index (χ4n) is 4.37. The zero-order valence-electron chi connectivity index (χ0n) is 15.3. The zero-order chi connectivity index (χ0) is 20.8. The molecule has 1 saturated heterocycles. The summed E-state index contributed by atoms with van der Waals surface area (Å²) in [5.41, 5.74) is 1.49. The number of pyridine rings is 1. The van der Waals surface area contributed by atoms with Gasteiger partial charge in [0, 0.05) is 41.8 Å². The Hall–Kier alpha value is -1.05. The Morgan fingerprint density at radius 2 is 1.86 bits per heavy atom. The molecule has 2 bridgehead atoms. The molecular weight excluding hydrogens is 501 g/mol. The lowest BCUT2D eigenvalue weighted by Crippen LogP contribution is -2.60. The Kier molecular flexibility index (Phi) is 6.02. The Labute approximate surface area is 192 Å². The zero-order valence-corrected chi connectivity index (χ0v) is 19.2. The van der Waals surface area contributed by atoms with E-state index in [1.165, 1.54) is 0 Å². The third-order valence-corrected chi connectivity index (χ3v) is 6.88. The fourth-order valence-corrected chi connectivity index (χ4v) is 5.41. The number of benzene rings is 1. The second-order valence-electron chi connectivity index (χ2n) is 7.55. The lowest BCUT2D eigenvalue weighted by molar-refractivity contribution is 0.0586. The van der Waals surface area contributed by atoms with Crippen LogP contribution >= 0.6 is 50.7 Å². The molecule has 0 aliphatic carbocycles. The first kappa shape index (κ1) is 21.2. The first-order chi connectivity index (χ1) is 13.7. The molecule has 0 unspecified atom stereocenters. The third-order valence-electron chi connectivity index (χ3n) is 5.57. The number of amides is 1. The van der Waals surface area contributed by atoms with Gasteiger partial charge in [0.05, 0.1) is 5.56 Å². The SMILES string of the molecule is O=C(N[C@@H](N1C[C@H]2C[C@@H](C1)c1cccc(=O)n1C2)C(Cl)(Cl)Cl)c1ccccc1Br. The molecule has 4 rings (SSSR count). The van der Waals surface area contributed by atoms with Crippen LogP contribution in [0.4, 0.5) is 0 Å². The Morgan fingerprint density at radius 3 is 2.59 bits per heavy atom. The number of hydrogen-bond acceptors (Lipinski definition) is 3. The van der Waals surface area contributed by atoms with Gasteiger partial charge < -0.3 is 9.88 Å². The number of rotatable bonds is 3. The highest BCUT2D eigenvalue weighted by molar-refractivity contribution is 9.10. The molecule has 0 spiro atoms. The van der Waals surface area contributed by atoms with Gasteiger partial charge in [0.15, 0.2) is 0 Å². The lowest BCUT2D eigenvalue weighted by Gasteiger charge is -2.47. The van der Waals surface area contributed by atoms with Crippen molar-refractivity contribution in [2.24, 2.45) is 5.92 Å². The van der Waals surface area contributed by atoms with Crippen molar-refractivity contribution >= 4 is 56.6 Å². The van der Waals surface area contributed by atoms with E-state index in [4.69, 9.17) is 34.8 Å². The molecule has 3 atom stereocenters. The molecule has 1 fully saturated rings. The van der Waals surface area contributed by atoms with Gasteiger partial charge in [-0.15, -0.1) is 0 Å². The molecule has 29 heavy (non-hydrogen) atoms. The second-order valence-corrected chi connectivity index (χ2v) is 10.8. The molecule has 5 nitrogen and oxygen atoms in total. The van der Waals surface area contributed by atoms with E-state index in [9.17, 15) is 9.59 Å². The van der Waals surface area contributed by atoms with Gasteiger partial charge >= 0.3 is 0 Å². The molecule has 2 aliphatic rings. The van der Waals surface area contributed by atoms with Crippen LogP contribution in [0.5, 0.6) is 0 Å². The fraction of sp³-hybridized carbons (Fsp3) is 0.400. The number of halogens is 4. The maximum atomic E-state index is 12.9. The highest BCUT2D eigenvalue weighted by Crippen LogP contribution is 2.40. The maximum absolute atomic E-state index is 12.9. The molecule has 1 aromatic heterocycles. The van der Waals surface area contributed by atoms with Crippen LogP contribution < -0.4 is 10.9 Å². The average molecular weight is 520 g/mol. The van der Waals surface area contributed by atoms with Crippen molar-refractivity contribution in [2.75, 3.05) is 13.1 Å². The minimum absolute atomic E-state index is 0.0193. The van der Waals surface area contributed by atoms with Crippen molar-refractivity contribution in [3.8, 4) is 0 Å². The maximum Gasteiger partial charge on any atom is 0.253 e. The summed E-state index contributed by atoms with van der Waals surface area (Å²) in [4.78, 5) is 27.1. The van der Waals surface area contributed by atoms with E-state index >= 15 is 0 Å². The minimum atomic E-state index is -1.71. The lowest BCUT2D eigenvalue weighted by atomic mass is 9.83. The van der Waals surface area contributed by atoms with E-state index < -0.39 is 9.96 Å². The second kappa shape index (κ2) is 8.23. The molecule has 2 aliphatic heterocycles. The average Bonchev–Trinajstić information content (AvgIpc) is 2.66. The van der Waals surface area contributed by atoms with E-state index in [-0.39, 0.29) is 23.3 Å². The first-order valence-electron chi connectivity index (χ1n) is 9.30. The van der Waals surface area contributed by atoms with Crippen LogP contribution in [-0.4, -0.2) is 38.4 Å². The highest BCUT2D eigenvalue weighted by Gasteiger charge is 2.44. The molecule has 2 aromatic rings. The minimum Gasteiger partial charge on any atom is -0.332 e. The quantitative estimate of drug-likeness (QED) is 0.620. The summed E-state index contributed by atoms with van der Waals surface area (Å²) in [6.45, 7) is 1.85. The summed E-state index contributed by atoms with van der Waals surface area (Å²) < 4.78 is 0.809. The van der Waals surface area contributed by atoms with Crippen molar-refractivity contribution < 1.29 is 4.79 Å². The van der Waals surface area contributed by atoms with E-state index in [0.29, 0.717) is 29.7 Å². The monoisotopic (exact) mass is 517 g/mol. The highest BCUT2D eigenvalue weighted by atomic mass is 79.9. The number of aromatic nitrogens is 1. The van der Waals surface area contributed by atoms with Gasteiger partial charge in [0.2, 0.25) is 3.79 Å². The van der Waals surface area contributed by atoms with Crippen molar-refractivity contribution in [3.63, 3.8) is 0 Å². The van der Waals surface area contributed by atoms with Gasteiger partial charge in [-0.25, -0.2) is 0 Å². The van der Waals surface area contributed by atoms with Crippen LogP contribution in [0.3, 0.4) is 0 Å². The smallest absolute Gasteiger partial charge is 0.253 e. The van der Waals surface area contributed by atoms with E-state index in [0.717, 1.165) is 12.1 Å². The van der Waals surface area contributed by atoms with Crippen LogP contribution in [0.1, 0.15) is 28.4 Å². The normalized spacial score (nSPS) is 22.6. The number of nitrogens with one attached hydrogen (secondary N) is 1. The van der Waals surface area contributed by atoms with Crippen LogP contribution in [0.2, 0.25) is 0 Å². The van der Waals surface area contributed by atoms with Crippen LogP contribution in [0.25, 0.3) is 0 Å². The molecular formula is C20H19BrCl3N3O2. The molecule has 0 saturated carbocycles. The van der Waals surface area contributed by atoms with Crippen LogP contribution in [-0.2, 0) is 6.54 Å². The van der Waals surface area contributed by atoms with E-state index in [1.54, 1.807) is 30.3 Å². The molecule has 0 radical (unpaired) electrons. The van der Waals surface area contributed by atoms with Crippen molar-refractivity contribution in [3.05, 3.63) is 68.5 Å². The van der Waals surface area contributed by atoms with Gasteiger partial charge in [-0.2, -0.15) is 0 Å². The number of hydrogen-bond donors (Lipinski definition) is 1. The number of nitrogens with zero attached hydrogens (tertiary/aromatic N) is 2. The standard InChI is InChI=1S/C20H19BrCl3N3O2/c21-15-5-2-1-4-14(15)18(29)25-19(20(22,23)24)26-9-12-8-13(11-26)16-6-3-7-17(28)27(16)10-12/h1-7,12-13,19H,8-11H2,(H,25,29)/t12-,13+,19+/m1/s1. The van der Waals surface area contributed by atoms with Gasteiger partial charge in [0.1, 0.15) is 6.17 Å². The summed E-state index contributed by atoms with van der Waals surface area (Å²) in [5.74, 6) is 0.0735. The van der Waals surface area contributed by atoms with Crippen molar-refractivity contribution in [2.45, 2.75) is 28.8 Å². The topological polar surface area (TPSA) is 54.3 Å². The molecule has 3 heterocycles.